The molecule has 0 atom stereocenters. The molecule has 0 aromatic heterocycles. The first kappa shape index (κ1) is 10.2. The van der Waals surface area contributed by atoms with E-state index in [1.807, 2.05) is 30.3 Å². The summed E-state index contributed by atoms with van der Waals surface area (Å²) in [7, 11) is 0. The van der Waals surface area contributed by atoms with E-state index in [-0.39, 0.29) is 0 Å². The van der Waals surface area contributed by atoms with Crippen molar-refractivity contribution in [3.05, 3.63) is 35.9 Å². The van der Waals surface area contributed by atoms with Crippen molar-refractivity contribution in [1.29, 1.82) is 0 Å². The van der Waals surface area contributed by atoms with Gasteiger partial charge in [-0.15, -0.1) is 0 Å². The van der Waals surface area contributed by atoms with Gasteiger partial charge in [-0.05, 0) is 12.5 Å². The summed E-state index contributed by atoms with van der Waals surface area (Å²) in [5.74, 6) is 0. The fourth-order valence-corrected chi connectivity index (χ4v) is 0.942. The smallest absolute Gasteiger partial charge is 0.427 e. The summed E-state index contributed by atoms with van der Waals surface area (Å²) in [5.41, 5.74) is 0.882. The number of nitrogens with zero attached hydrogens (tertiary/aromatic N) is 2. The van der Waals surface area contributed by atoms with Crippen LogP contribution in [0.2, 0.25) is 0 Å². The molecule has 0 radical (unpaired) electrons. The average Bonchev–Trinajstić information content (AvgIpc) is 2.20. The second-order valence-corrected chi connectivity index (χ2v) is 2.65. The van der Waals surface area contributed by atoms with Crippen molar-refractivity contribution in [3.63, 3.8) is 0 Å². The Morgan fingerprint density at radius 2 is 2.14 bits per heavy atom. The molecule has 14 heavy (non-hydrogen) atoms. The minimum absolute atomic E-state index is 0.346. The molecule has 0 spiro atoms. The van der Waals surface area contributed by atoms with Gasteiger partial charge >= 0.3 is 6.09 Å². The lowest BCUT2D eigenvalue weighted by Gasteiger charge is -2.08. The van der Waals surface area contributed by atoms with E-state index in [4.69, 9.17) is 5.11 Å². The SMILES string of the molecule is CCN(/N=C/c1ccccc1)C(=O)O. The number of amides is 1. The quantitative estimate of drug-likeness (QED) is 0.588. The first-order valence-electron chi connectivity index (χ1n) is 4.33. The summed E-state index contributed by atoms with van der Waals surface area (Å²) in [5, 5.41) is 13.5. The summed E-state index contributed by atoms with van der Waals surface area (Å²) in [4.78, 5) is 10.6. The lowest BCUT2D eigenvalue weighted by atomic mass is 10.2. The van der Waals surface area contributed by atoms with Crippen LogP contribution in [0, 0.1) is 0 Å². The molecule has 1 N–H and O–H groups in total. The fourth-order valence-electron chi connectivity index (χ4n) is 0.942. The number of rotatable bonds is 3. The third kappa shape index (κ3) is 2.90. The van der Waals surface area contributed by atoms with Gasteiger partial charge in [0.25, 0.3) is 0 Å². The predicted molar refractivity (Wildman–Crippen MR) is 54.4 cm³/mol. The van der Waals surface area contributed by atoms with Crippen LogP contribution in [0.5, 0.6) is 0 Å². The Balaban J connectivity index is 2.67. The van der Waals surface area contributed by atoms with E-state index in [9.17, 15) is 4.79 Å². The van der Waals surface area contributed by atoms with Crippen LogP contribution in [0.3, 0.4) is 0 Å². The van der Waals surface area contributed by atoms with Crippen molar-refractivity contribution < 1.29 is 9.90 Å². The molecule has 0 aliphatic carbocycles. The zero-order valence-electron chi connectivity index (χ0n) is 7.92. The molecular formula is C10H12N2O2. The number of carbonyl (C=O) groups is 1. The minimum atomic E-state index is -1.04. The Morgan fingerprint density at radius 1 is 1.50 bits per heavy atom. The minimum Gasteiger partial charge on any atom is -0.464 e. The number of benzene rings is 1. The van der Waals surface area contributed by atoms with E-state index in [0.29, 0.717) is 6.54 Å². The van der Waals surface area contributed by atoms with E-state index >= 15 is 0 Å². The molecule has 0 aliphatic rings. The van der Waals surface area contributed by atoms with Gasteiger partial charge < -0.3 is 5.11 Å². The fraction of sp³-hybridized carbons (Fsp3) is 0.200. The normalized spacial score (nSPS) is 10.4. The summed E-state index contributed by atoms with van der Waals surface area (Å²) < 4.78 is 0. The number of hydrazone groups is 1. The Morgan fingerprint density at radius 3 is 2.64 bits per heavy atom. The molecule has 1 amide bonds. The van der Waals surface area contributed by atoms with Gasteiger partial charge in [0.15, 0.2) is 0 Å². The van der Waals surface area contributed by atoms with E-state index < -0.39 is 6.09 Å². The number of carboxylic acid groups (broad SMARTS) is 1. The molecule has 0 fully saturated rings. The van der Waals surface area contributed by atoms with Crippen LogP contribution in [-0.2, 0) is 0 Å². The maximum absolute atomic E-state index is 10.6. The second kappa shape index (κ2) is 5.01. The van der Waals surface area contributed by atoms with Crippen molar-refractivity contribution >= 4 is 12.3 Å². The van der Waals surface area contributed by atoms with Crippen LogP contribution in [0.25, 0.3) is 0 Å². The molecule has 0 aliphatic heterocycles. The largest absolute Gasteiger partial charge is 0.464 e. The highest BCUT2D eigenvalue weighted by molar-refractivity contribution is 5.80. The molecule has 0 heterocycles. The van der Waals surface area contributed by atoms with E-state index in [2.05, 4.69) is 5.10 Å². The first-order chi connectivity index (χ1) is 6.74. The van der Waals surface area contributed by atoms with Crippen LogP contribution in [-0.4, -0.2) is 29.0 Å². The molecule has 1 aromatic carbocycles. The Hall–Kier alpha value is -1.84. The van der Waals surface area contributed by atoms with Gasteiger partial charge in [-0.3, -0.25) is 0 Å². The molecule has 0 unspecified atom stereocenters. The standard InChI is InChI=1S/C10H12N2O2/c1-2-12(10(13)14)11-8-9-6-4-3-5-7-9/h3-8H,2H2,1H3,(H,13,14)/b11-8+. The monoisotopic (exact) mass is 192 g/mol. The molecule has 4 nitrogen and oxygen atoms in total. The molecule has 1 rings (SSSR count). The lowest BCUT2D eigenvalue weighted by molar-refractivity contribution is 0.150. The number of hydrogen-bond acceptors (Lipinski definition) is 2. The lowest BCUT2D eigenvalue weighted by Crippen LogP contribution is -2.23. The third-order valence-electron chi connectivity index (χ3n) is 1.67. The molecule has 0 saturated carbocycles. The predicted octanol–water partition coefficient (Wildman–Crippen LogP) is 2.02. The number of hydrogen-bond donors (Lipinski definition) is 1. The highest BCUT2D eigenvalue weighted by atomic mass is 16.4. The summed E-state index contributed by atoms with van der Waals surface area (Å²) in [6.07, 6.45) is 0.483. The van der Waals surface area contributed by atoms with Gasteiger partial charge in [0, 0.05) is 6.54 Å². The van der Waals surface area contributed by atoms with Gasteiger partial charge in [-0.2, -0.15) is 10.1 Å². The summed E-state index contributed by atoms with van der Waals surface area (Å²) in [6.45, 7) is 2.08. The Kier molecular flexibility index (Phi) is 3.67. The zero-order valence-corrected chi connectivity index (χ0v) is 7.92. The highest BCUT2D eigenvalue weighted by Gasteiger charge is 2.04. The zero-order chi connectivity index (χ0) is 10.4. The van der Waals surface area contributed by atoms with Crippen LogP contribution < -0.4 is 0 Å². The van der Waals surface area contributed by atoms with Crippen molar-refractivity contribution in [2.75, 3.05) is 6.54 Å². The third-order valence-corrected chi connectivity index (χ3v) is 1.67. The molecule has 1 aromatic rings. The molecule has 74 valence electrons. The van der Waals surface area contributed by atoms with Crippen LogP contribution in [0.4, 0.5) is 4.79 Å². The molecule has 0 bridgehead atoms. The van der Waals surface area contributed by atoms with E-state index in [1.165, 1.54) is 6.21 Å². The summed E-state index contributed by atoms with van der Waals surface area (Å²) in [6, 6.07) is 9.36. The van der Waals surface area contributed by atoms with Gasteiger partial charge in [-0.25, -0.2) is 4.79 Å². The maximum atomic E-state index is 10.6. The maximum Gasteiger partial charge on any atom is 0.427 e. The van der Waals surface area contributed by atoms with Gasteiger partial charge in [0.1, 0.15) is 0 Å². The topological polar surface area (TPSA) is 52.9 Å². The second-order valence-electron chi connectivity index (χ2n) is 2.65. The van der Waals surface area contributed by atoms with E-state index in [0.717, 1.165) is 10.6 Å². The van der Waals surface area contributed by atoms with Gasteiger partial charge in [0.05, 0.1) is 6.21 Å². The molecule has 0 saturated heterocycles. The van der Waals surface area contributed by atoms with Crippen molar-refractivity contribution in [2.24, 2.45) is 5.10 Å². The van der Waals surface area contributed by atoms with Crippen LogP contribution >= 0.6 is 0 Å². The highest BCUT2D eigenvalue weighted by Crippen LogP contribution is 1.96. The van der Waals surface area contributed by atoms with Crippen molar-refractivity contribution in [1.82, 2.24) is 5.01 Å². The molecular weight excluding hydrogens is 180 g/mol. The van der Waals surface area contributed by atoms with Crippen molar-refractivity contribution in [3.8, 4) is 0 Å². The van der Waals surface area contributed by atoms with Crippen LogP contribution in [0.15, 0.2) is 35.4 Å². The Labute approximate surface area is 82.5 Å². The van der Waals surface area contributed by atoms with Gasteiger partial charge in [-0.1, -0.05) is 30.3 Å². The molecule has 4 heteroatoms. The first-order valence-corrected chi connectivity index (χ1v) is 4.33. The summed E-state index contributed by atoms with van der Waals surface area (Å²) >= 11 is 0. The van der Waals surface area contributed by atoms with Gasteiger partial charge in [0.2, 0.25) is 0 Å². The Bertz CT molecular complexity index is 322. The van der Waals surface area contributed by atoms with E-state index in [1.54, 1.807) is 6.92 Å². The van der Waals surface area contributed by atoms with Crippen LogP contribution in [0.1, 0.15) is 12.5 Å². The average molecular weight is 192 g/mol. The van der Waals surface area contributed by atoms with Crippen molar-refractivity contribution in [2.45, 2.75) is 6.92 Å².